The van der Waals surface area contributed by atoms with Crippen molar-refractivity contribution >= 4 is 21.6 Å². The number of piperidine rings is 3. The van der Waals surface area contributed by atoms with Crippen LogP contribution in [0.4, 0.5) is 5.69 Å². The molecule has 1 aromatic carbocycles. The van der Waals surface area contributed by atoms with Crippen molar-refractivity contribution in [3.63, 3.8) is 0 Å². The molecule has 4 heterocycles. The summed E-state index contributed by atoms with van der Waals surface area (Å²) in [5.74, 6) is 2.72. The van der Waals surface area contributed by atoms with Gasteiger partial charge in [0.25, 0.3) is 0 Å². The van der Waals surface area contributed by atoms with E-state index in [0.29, 0.717) is 5.54 Å². The molecule has 4 fully saturated rings. The number of rotatable bonds is 0. The van der Waals surface area contributed by atoms with E-state index in [4.69, 9.17) is 0 Å². The first-order chi connectivity index (χ1) is 9.23. The second-order valence-corrected chi connectivity index (χ2v) is 8.01. The van der Waals surface area contributed by atoms with Crippen LogP contribution in [0, 0.1) is 17.8 Å². The molecule has 3 heteroatoms. The number of fused-ring (bicyclic) bond motifs is 1. The van der Waals surface area contributed by atoms with Crippen molar-refractivity contribution in [2.24, 2.45) is 17.8 Å². The largest absolute Gasteiger partial charge is 0.378 e. The summed E-state index contributed by atoms with van der Waals surface area (Å²) in [5.41, 5.74) is 3.30. The first-order valence-electron chi connectivity index (χ1n) is 7.52. The Morgan fingerprint density at radius 1 is 1.16 bits per heavy atom. The molecular weight excluding hydrogens is 300 g/mol. The Morgan fingerprint density at radius 2 is 1.95 bits per heavy atom. The summed E-state index contributed by atoms with van der Waals surface area (Å²) < 4.78 is 1.22. The van der Waals surface area contributed by atoms with Crippen molar-refractivity contribution in [3.8, 4) is 0 Å². The maximum atomic E-state index is 3.97. The van der Waals surface area contributed by atoms with Crippen LogP contribution in [0.3, 0.4) is 0 Å². The molecule has 100 valence electrons. The number of nitrogens with zero attached hydrogens (tertiary/aromatic N) is 1. The van der Waals surface area contributed by atoms with Crippen LogP contribution in [0.25, 0.3) is 0 Å². The fourth-order valence-corrected chi connectivity index (χ4v) is 5.83. The minimum Gasteiger partial charge on any atom is -0.378 e. The van der Waals surface area contributed by atoms with Crippen molar-refractivity contribution in [1.82, 2.24) is 4.90 Å². The third-order valence-electron chi connectivity index (χ3n) is 6.08. The molecule has 1 spiro atoms. The first kappa shape index (κ1) is 11.2. The summed E-state index contributed by atoms with van der Waals surface area (Å²) >= 11 is 3.62. The van der Waals surface area contributed by atoms with Gasteiger partial charge in [0, 0.05) is 35.3 Å². The molecule has 19 heavy (non-hydrogen) atoms. The highest BCUT2D eigenvalue weighted by molar-refractivity contribution is 9.10. The van der Waals surface area contributed by atoms with Gasteiger partial charge >= 0.3 is 0 Å². The molecule has 5 aliphatic rings. The molecule has 0 radical (unpaired) electrons. The van der Waals surface area contributed by atoms with Gasteiger partial charge in [0.15, 0.2) is 0 Å². The fourth-order valence-electron chi connectivity index (χ4n) is 5.42. The van der Waals surface area contributed by atoms with Crippen LogP contribution in [0.1, 0.15) is 18.4 Å². The highest BCUT2D eigenvalue weighted by Crippen LogP contribution is 2.55. The van der Waals surface area contributed by atoms with Crippen molar-refractivity contribution in [3.05, 3.63) is 28.2 Å². The summed E-state index contributed by atoms with van der Waals surface area (Å²) in [7, 11) is 0. The average molecular weight is 319 g/mol. The number of benzene rings is 1. The lowest BCUT2D eigenvalue weighted by molar-refractivity contribution is -0.0681. The standard InChI is InChI=1S/C16H19BrN2/c17-14-1-2-15-11(5-14)6-16(18-15)12-3-10-4-13(16)9-19(7-10)8-12/h1-2,5,10,12-13,18H,3-4,6-9H2. The van der Waals surface area contributed by atoms with Gasteiger partial charge in [-0.2, -0.15) is 0 Å². The van der Waals surface area contributed by atoms with E-state index in [-0.39, 0.29) is 0 Å². The molecule has 6 rings (SSSR count). The third-order valence-corrected chi connectivity index (χ3v) is 6.58. The Morgan fingerprint density at radius 3 is 2.68 bits per heavy atom. The molecular formula is C16H19BrN2. The van der Waals surface area contributed by atoms with Gasteiger partial charge in [0.1, 0.15) is 0 Å². The van der Waals surface area contributed by atoms with Gasteiger partial charge in [-0.05, 0) is 60.8 Å². The Bertz CT molecular complexity index is 526. The number of anilines is 1. The quantitative estimate of drug-likeness (QED) is 0.790. The summed E-state index contributed by atoms with van der Waals surface area (Å²) in [4.78, 5) is 2.72. The predicted molar refractivity (Wildman–Crippen MR) is 80.3 cm³/mol. The molecule has 0 aromatic heterocycles. The highest BCUT2D eigenvalue weighted by atomic mass is 79.9. The lowest BCUT2D eigenvalue weighted by Gasteiger charge is -2.61. The minimum absolute atomic E-state index is 0.385. The van der Waals surface area contributed by atoms with Crippen molar-refractivity contribution in [2.75, 3.05) is 25.0 Å². The molecule has 4 aliphatic heterocycles. The molecule has 4 bridgehead atoms. The predicted octanol–water partition coefficient (Wildman–Crippen LogP) is 3.13. The molecule has 1 aromatic rings. The van der Waals surface area contributed by atoms with E-state index >= 15 is 0 Å². The van der Waals surface area contributed by atoms with E-state index in [1.807, 2.05) is 0 Å². The van der Waals surface area contributed by atoms with Crippen LogP contribution in [0.2, 0.25) is 0 Å². The Balaban J connectivity index is 1.57. The molecule has 1 N–H and O–H groups in total. The van der Waals surface area contributed by atoms with Crippen LogP contribution in [0.15, 0.2) is 22.7 Å². The van der Waals surface area contributed by atoms with Gasteiger partial charge in [0.05, 0.1) is 0 Å². The number of halogens is 1. The van der Waals surface area contributed by atoms with E-state index in [1.165, 1.54) is 54.6 Å². The summed E-state index contributed by atoms with van der Waals surface area (Å²) in [5, 5.41) is 3.97. The maximum Gasteiger partial charge on any atom is 0.0495 e. The Kier molecular flexibility index (Phi) is 2.09. The van der Waals surface area contributed by atoms with Gasteiger partial charge in [-0.3, -0.25) is 0 Å². The smallest absolute Gasteiger partial charge is 0.0495 e. The number of nitrogens with one attached hydrogen (secondary N) is 1. The van der Waals surface area contributed by atoms with Gasteiger partial charge in [-0.15, -0.1) is 0 Å². The van der Waals surface area contributed by atoms with E-state index in [1.54, 1.807) is 0 Å². The topological polar surface area (TPSA) is 15.3 Å². The van der Waals surface area contributed by atoms with Gasteiger partial charge < -0.3 is 10.2 Å². The van der Waals surface area contributed by atoms with Crippen LogP contribution in [-0.2, 0) is 6.42 Å². The molecule has 2 nitrogen and oxygen atoms in total. The maximum absolute atomic E-state index is 3.97. The minimum atomic E-state index is 0.385. The Hall–Kier alpha value is -0.540. The van der Waals surface area contributed by atoms with Gasteiger partial charge in [0.2, 0.25) is 0 Å². The lowest BCUT2D eigenvalue weighted by atomic mass is 9.56. The van der Waals surface area contributed by atoms with E-state index in [9.17, 15) is 0 Å². The zero-order valence-electron chi connectivity index (χ0n) is 11.0. The monoisotopic (exact) mass is 318 g/mol. The summed E-state index contributed by atoms with van der Waals surface area (Å²) in [6.07, 6.45) is 4.15. The fraction of sp³-hybridized carbons (Fsp3) is 0.625. The van der Waals surface area contributed by atoms with E-state index in [0.717, 1.165) is 17.8 Å². The molecule has 1 saturated carbocycles. The van der Waals surface area contributed by atoms with Crippen molar-refractivity contribution in [2.45, 2.75) is 24.8 Å². The summed E-state index contributed by atoms with van der Waals surface area (Å²) in [6, 6.07) is 6.76. The SMILES string of the molecule is Brc1ccc2c(c1)CC1(N2)C2CC3CC1CN(C3)C2. The zero-order chi connectivity index (χ0) is 12.6. The lowest BCUT2D eigenvalue weighted by Crippen LogP contribution is -2.68. The average Bonchev–Trinajstić information content (AvgIpc) is 2.75. The van der Waals surface area contributed by atoms with Crippen LogP contribution >= 0.6 is 15.9 Å². The molecule has 2 atom stereocenters. The van der Waals surface area contributed by atoms with Crippen LogP contribution in [-0.4, -0.2) is 30.1 Å². The molecule has 0 amide bonds. The zero-order valence-corrected chi connectivity index (χ0v) is 12.6. The Labute approximate surface area is 122 Å². The summed E-state index contributed by atoms with van der Waals surface area (Å²) in [6.45, 7) is 4.03. The second kappa shape index (κ2) is 3.56. The van der Waals surface area contributed by atoms with E-state index < -0.39 is 0 Å². The van der Waals surface area contributed by atoms with Gasteiger partial charge in [-0.25, -0.2) is 0 Å². The van der Waals surface area contributed by atoms with Crippen molar-refractivity contribution < 1.29 is 0 Å². The second-order valence-electron chi connectivity index (χ2n) is 7.09. The third kappa shape index (κ3) is 1.41. The number of hydrogen-bond donors (Lipinski definition) is 1. The van der Waals surface area contributed by atoms with Crippen molar-refractivity contribution in [1.29, 1.82) is 0 Å². The molecule has 3 saturated heterocycles. The molecule has 2 unspecified atom stereocenters. The molecule has 1 aliphatic carbocycles. The first-order valence-corrected chi connectivity index (χ1v) is 8.31. The van der Waals surface area contributed by atoms with Gasteiger partial charge in [-0.1, -0.05) is 15.9 Å². The normalized spacial score (nSPS) is 45.5. The van der Waals surface area contributed by atoms with Crippen LogP contribution < -0.4 is 5.32 Å². The van der Waals surface area contributed by atoms with Crippen LogP contribution in [0.5, 0.6) is 0 Å². The van der Waals surface area contributed by atoms with E-state index in [2.05, 4.69) is 44.3 Å². The number of hydrogen-bond acceptors (Lipinski definition) is 2. The highest BCUT2D eigenvalue weighted by Gasteiger charge is 2.58.